The van der Waals surface area contributed by atoms with Crippen LogP contribution in [0.4, 0.5) is 0 Å². The van der Waals surface area contributed by atoms with E-state index in [1.54, 1.807) is 20.4 Å². The van der Waals surface area contributed by atoms with Crippen LogP contribution in [0.15, 0.2) is 48.7 Å². The van der Waals surface area contributed by atoms with E-state index in [-0.39, 0.29) is 0 Å². The third-order valence-electron chi connectivity index (χ3n) is 4.02. The molecule has 0 bridgehead atoms. The normalized spacial score (nSPS) is 11.5. The molecule has 0 spiro atoms. The topological polar surface area (TPSA) is 58.4 Å². The van der Waals surface area contributed by atoms with Gasteiger partial charge in [0, 0.05) is 19.3 Å². The van der Waals surface area contributed by atoms with Crippen molar-refractivity contribution >= 4 is 17.2 Å². The number of pyridine rings is 1. The van der Waals surface area contributed by atoms with Gasteiger partial charge in [-0.25, -0.2) is 0 Å². The Morgan fingerprint density at radius 2 is 1.72 bits per heavy atom. The van der Waals surface area contributed by atoms with Gasteiger partial charge in [-0.2, -0.15) is 0 Å². The number of ether oxygens (including phenoxy) is 2. The van der Waals surface area contributed by atoms with Gasteiger partial charge in [0.05, 0.1) is 19.8 Å². The second-order valence-electron chi connectivity index (χ2n) is 5.37. The quantitative estimate of drug-likeness (QED) is 0.472. The van der Waals surface area contributed by atoms with Crippen LogP contribution in [-0.2, 0) is 4.74 Å². The molecule has 1 N–H and O–H groups in total. The Hall–Kier alpha value is -2.82. The SMILES string of the molecule is CCN(CC)C(=N)/C(=C(/OC)c1ccccn1)c1ccc(OC)cc1. The number of hydrogen-bond donors (Lipinski definition) is 1. The van der Waals surface area contributed by atoms with E-state index in [0.717, 1.165) is 24.4 Å². The van der Waals surface area contributed by atoms with Crippen LogP contribution < -0.4 is 4.74 Å². The highest BCUT2D eigenvalue weighted by molar-refractivity contribution is 6.27. The monoisotopic (exact) mass is 339 g/mol. The number of hydrogen-bond acceptors (Lipinski definition) is 4. The smallest absolute Gasteiger partial charge is 0.155 e. The summed E-state index contributed by atoms with van der Waals surface area (Å²) >= 11 is 0. The van der Waals surface area contributed by atoms with Crippen molar-refractivity contribution in [2.45, 2.75) is 13.8 Å². The molecule has 0 aliphatic carbocycles. The van der Waals surface area contributed by atoms with E-state index >= 15 is 0 Å². The maximum Gasteiger partial charge on any atom is 0.155 e. The van der Waals surface area contributed by atoms with E-state index < -0.39 is 0 Å². The minimum absolute atomic E-state index is 0.415. The summed E-state index contributed by atoms with van der Waals surface area (Å²) in [5.74, 6) is 1.77. The Bertz CT molecular complexity index is 720. The first kappa shape index (κ1) is 18.5. The van der Waals surface area contributed by atoms with Gasteiger partial charge in [0.25, 0.3) is 0 Å². The number of methoxy groups -OCH3 is 2. The number of nitrogens with zero attached hydrogens (tertiary/aromatic N) is 2. The van der Waals surface area contributed by atoms with E-state index in [4.69, 9.17) is 14.9 Å². The third-order valence-corrected chi connectivity index (χ3v) is 4.02. The maximum atomic E-state index is 8.75. The lowest BCUT2D eigenvalue weighted by atomic mass is 10.0. The average Bonchev–Trinajstić information content (AvgIpc) is 2.67. The number of benzene rings is 1. The summed E-state index contributed by atoms with van der Waals surface area (Å²) in [5, 5.41) is 8.75. The second-order valence-corrected chi connectivity index (χ2v) is 5.37. The van der Waals surface area contributed by atoms with E-state index in [1.807, 2.05) is 61.2 Å². The fourth-order valence-corrected chi connectivity index (χ4v) is 2.66. The zero-order valence-corrected chi connectivity index (χ0v) is 15.2. The molecule has 0 saturated carbocycles. The molecule has 132 valence electrons. The zero-order valence-electron chi connectivity index (χ0n) is 15.2. The molecule has 2 rings (SSSR count). The minimum atomic E-state index is 0.415. The molecule has 0 aliphatic heterocycles. The lowest BCUT2D eigenvalue weighted by Crippen LogP contribution is -2.31. The lowest BCUT2D eigenvalue weighted by molar-refractivity contribution is 0.369. The summed E-state index contributed by atoms with van der Waals surface area (Å²) in [7, 11) is 3.25. The van der Waals surface area contributed by atoms with Crippen LogP contribution in [0.2, 0.25) is 0 Å². The molecule has 1 aromatic heterocycles. The molecule has 0 aliphatic rings. The molecule has 0 amide bonds. The second kappa shape index (κ2) is 8.87. The van der Waals surface area contributed by atoms with Crippen molar-refractivity contribution in [3.63, 3.8) is 0 Å². The highest BCUT2D eigenvalue weighted by atomic mass is 16.5. The number of rotatable bonds is 7. The first-order chi connectivity index (χ1) is 12.2. The van der Waals surface area contributed by atoms with Crippen molar-refractivity contribution in [1.29, 1.82) is 5.41 Å². The molecule has 0 saturated heterocycles. The predicted octanol–water partition coefficient (Wildman–Crippen LogP) is 3.92. The Morgan fingerprint density at radius 1 is 1.04 bits per heavy atom. The molecule has 5 heteroatoms. The van der Waals surface area contributed by atoms with Crippen LogP contribution in [-0.4, -0.2) is 43.0 Å². The standard InChI is InChI=1S/C20H25N3O2/c1-5-23(6-2)20(21)18(15-10-12-16(24-3)13-11-15)19(25-4)17-9-7-8-14-22-17/h7-14,21H,5-6H2,1-4H3/b19-18+,21-20?. The molecule has 0 fully saturated rings. The van der Waals surface area contributed by atoms with Gasteiger partial charge in [-0.05, 0) is 43.7 Å². The molecule has 1 aromatic carbocycles. The third kappa shape index (κ3) is 4.18. The van der Waals surface area contributed by atoms with Crippen LogP contribution in [0, 0.1) is 5.41 Å². The van der Waals surface area contributed by atoms with Crippen molar-refractivity contribution in [2.75, 3.05) is 27.3 Å². The first-order valence-corrected chi connectivity index (χ1v) is 8.34. The minimum Gasteiger partial charge on any atom is -0.497 e. The average molecular weight is 339 g/mol. The Kier molecular flexibility index (Phi) is 6.57. The van der Waals surface area contributed by atoms with E-state index in [2.05, 4.69) is 4.98 Å². The van der Waals surface area contributed by atoms with Gasteiger partial charge in [0.1, 0.15) is 17.3 Å². The van der Waals surface area contributed by atoms with Gasteiger partial charge in [-0.3, -0.25) is 10.4 Å². The Labute approximate surface area is 149 Å². The molecule has 5 nitrogen and oxygen atoms in total. The predicted molar refractivity (Wildman–Crippen MR) is 102 cm³/mol. The van der Waals surface area contributed by atoms with Gasteiger partial charge in [-0.1, -0.05) is 18.2 Å². The number of nitrogens with one attached hydrogen (secondary N) is 1. The number of aromatic nitrogens is 1. The number of likely N-dealkylation sites (N-methyl/N-ethyl adjacent to an activating group) is 1. The van der Waals surface area contributed by atoms with Crippen LogP contribution in [0.5, 0.6) is 5.75 Å². The zero-order chi connectivity index (χ0) is 18.2. The molecule has 2 aromatic rings. The van der Waals surface area contributed by atoms with Crippen LogP contribution in [0.1, 0.15) is 25.1 Å². The summed E-state index contributed by atoms with van der Waals surface area (Å²) in [4.78, 5) is 6.39. The molecule has 1 heterocycles. The molecule has 25 heavy (non-hydrogen) atoms. The van der Waals surface area contributed by atoms with Gasteiger partial charge < -0.3 is 14.4 Å². The van der Waals surface area contributed by atoms with E-state index in [1.165, 1.54) is 0 Å². The summed E-state index contributed by atoms with van der Waals surface area (Å²) in [6.07, 6.45) is 1.72. The molecule has 0 atom stereocenters. The Balaban J connectivity index is 2.65. The van der Waals surface area contributed by atoms with Gasteiger partial charge in [-0.15, -0.1) is 0 Å². The number of amidine groups is 1. The van der Waals surface area contributed by atoms with Crippen molar-refractivity contribution in [3.8, 4) is 5.75 Å². The van der Waals surface area contributed by atoms with Gasteiger partial charge in [0.15, 0.2) is 5.76 Å². The van der Waals surface area contributed by atoms with Crippen molar-refractivity contribution in [1.82, 2.24) is 9.88 Å². The fourth-order valence-electron chi connectivity index (χ4n) is 2.66. The van der Waals surface area contributed by atoms with Crippen LogP contribution in [0.25, 0.3) is 11.3 Å². The summed E-state index contributed by atoms with van der Waals surface area (Å²) in [6.45, 7) is 5.57. The van der Waals surface area contributed by atoms with Gasteiger partial charge in [0.2, 0.25) is 0 Å². The lowest BCUT2D eigenvalue weighted by Gasteiger charge is -2.25. The first-order valence-electron chi connectivity index (χ1n) is 8.34. The van der Waals surface area contributed by atoms with Crippen molar-refractivity contribution in [2.24, 2.45) is 0 Å². The van der Waals surface area contributed by atoms with E-state index in [9.17, 15) is 0 Å². The van der Waals surface area contributed by atoms with Crippen molar-refractivity contribution < 1.29 is 9.47 Å². The highest BCUT2D eigenvalue weighted by Gasteiger charge is 2.21. The molecule has 0 radical (unpaired) electrons. The Morgan fingerprint density at radius 3 is 2.20 bits per heavy atom. The molecular formula is C20H25N3O2. The maximum absolute atomic E-state index is 8.75. The van der Waals surface area contributed by atoms with Crippen molar-refractivity contribution in [3.05, 3.63) is 59.9 Å². The molecular weight excluding hydrogens is 314 g/mol. The summed E-state index contributed by atoms with van der Waals surface area (Å²) < 4.78 is 10.9. The highest BCUT2D eigenvalue weighted by Crippen LogP contribution is 2.29. The van der Waals surface area contributed by atoms with Crippen LogP contribution >= 0.6 is 0 Å². The molecule has 0 unspecified atom stereocenters. The fraction of sp³-hybridized carbons (Fsp3) is 0.300. The largest absolute Gasteiger partial charge is 0.497 e. The van der Waals surface area contributed by atoms with E-state index in [0.29, 0.717) is 22.9 Å². The summed E-state index contributed by atoms with van der Waals surface area (Å²) in [6, 6.07) is 13.3. The van der Waals surface area contributed by atoms with Gasteiger partial charge >= 0.3 is 0 Å². The summed E-state index contributed by atoms with van der Waals surface area (Å²) in [5.41, 5.74) is 2.31. The van der Waals surface area contributed by atoms with Crippen LogP contribution in [0.3, 0.4) is 0 Å².